The molecule has 1 aliphatic rings. The van der Waals surface area contributed by atoms with Crippen molar-refractivity contribution in [2.75, 3.05) is 0 Å². The summed E-state index contributed by atoms with van der Waals surface area (Å²) in [5.74, 6) is -1.01. The predicted molar refractivity (Wildman–Crippen MR) is 66.2 cm³/mol. The molecule has 1 aromatic rings. The fraction of sp³-hybridized carbons (Fsp3) is 0.385. The molecule has 1 fully saturated rings. The average Bonchev–Trinajstić information content (AvgIpc) is 2.82. The van der Waals surface area contributed by atoms with Gasteiger partial charge in [-0.25, -0.2) is 0 Å². The molecule has 2 rings (SSSR count). The minimum Gasteiger partial charge on any atom is -0.346 e. The van der Waals surface area contributed by atoms with Crippen LogP contribution in [0.2, 0.25) is 5.02 Å². The van der Waals surface area contributed by atoms with Crippen molar-refractivity contribution in [3.8, 4) is 0 Å². The van der Waals surface area contributed by atoms with E-state index >= 15 is 0 Å². The number of nitrogens with one attached hydrogen (secondary N) is 1. The van der Waals surface area contributed by atoms with Gasteiger partial charge in [-0.2, -0.15) is 0 Å². The van der Waals surface area contributed by atoms with Gasteiger partial charge in [0.2, 0.25) is 5.78 Å². The Bertz CT molecular complexity index is 422. The highest BCUT2D eigenvalue weighted by Crippen LogP contribution is 2.18. The molecule has 17 heavy (non-hydrogen) atoms. The van der Waals surface area contributed by atoms with Gasteiger partial charge in [0, 0.05) is 16.6 Å². The Labute approximate surface area is 105 Å². The first-order valence-corrected chi connectivity index (χ1v) is 6.15. The van der Waals surface area contributed by atoms with E-state index in [1.807, 2.05) is 0 Å². The van der Waals surface area contributed by atoms with Crippen molar-refractivity contribution >= 4 is 23.3 Å². The van der Waals surface area contributed by atoms with E-state index in [4.69, 9.17) is 11.6 Å². The maximum absolute atomic E-state index is 11.8. The van der Waals surface area contributed by atoms with Crippen molar-refractivity contribution in [1.82, 2.24) is 5.32 Å². The highest BCUT2D eigenvalue weighted by atomic mass is 35.5. The summed E-state index contributed by atoms with van der Waals surface area (Å²) in [6, 6.07) is 6.52. The van der Waals surface area contributed by atoms with Gasteiger partial charge in [-0.3, -0.25) is 9.59 Å². The normalized spacial score (nSPS) is 15.8. The lowest BCUT2D eigenvalue weighted by Crippen LogP contribution is -2.37. The SMILES string of the molecule is O=C(NC1CCCC1)C(=O)c1ccc(Cl)cc1. The fourth-order valence-electron chi connectivity index (χ4n) is 2.05. The molecular weight excluding hydrogens is 238 g/mol. The van der Waals surface area contributed by atoms with Crippen molar-refractivity contribution in [1.29, 1.82) is 0 Å². The van der Waals surface area contributed by atoms with Gasteiger partial charge in [0.15, 0.2) is 0 Å². The first-order valence-electron chi connectivity index (χ1n) is 5.77. The smallest absolute Gasteiger partial charge is 0.292 e. The lowest BCUT2D eigenvalue weighted by molar-refractivity contribution is -0.117. The number of hydrogen-bond acceptors (Lipinski definition) is 2. The van der Waals surface area contributed by atoms with Gasteiger partial charge in [-0.05, 0) is 37.1 Å². The Hall–Kier alpha value is -1.35. The molecular formula is C13H14ClNO2. The number of carbonyl (C=O) groups is 2. The molecule has 4 heteroatoms. The van der Waals surface area contributed by atoms with Gasteiger partial charge in [-0.15, -0.1) is 0 Å². The molecule has 0 aliphatic heterocycles. The van der Waals surface area contributed by atoms with Crippen LogP contribution in [0, 0.1) is 0 Å². The van der Waals surface area contributed by atoms with Crippen LogP contribution in [0.1, 0.15) is 36.0 Å². The van der Waals surface area contributed by atoms with E-state index in [0.29, 0.717) is 10.6 Å². The lowest BCUT2D eigenvalue weighted by atomic mass is 10.1. The number of carbonyl (C=O) groups excluding carboxylic acids is 2. The molecule has 0 saturated heterocycles. The molecule has 1 N–H and O–H groups in total. The molecule has 1 amide bonds. The second-order valence-corrected chi connectivity index (χ2v) is 4.73. The summed E-state index contributed by atoms with van der Waals surface area (Å²) < 4.78 is 0. The van der Waals surface area contributed by atoms with Crippen molar-refractivity contribution < 1.29 is 9.59 Å². The van der Waals surface area contributed by atoms with Crippen molar-refractivity contribution in [2.45, 2.75) is 31.7 Å². The highest BCUT2D eigenvalue weighted by molar-refractivity contribution is 6.43. The molecule has 0 aromatic heterocycles. The number of amides is 1. The van der Waals surface area contributed by atoms with Gasteiger partial charge in [0.25, 0.3) is 5.91 Å². The molecule has 90 valence electrons. The quantitative estimate of drug-likeness (QED) is 0.663. The molecule has 0 radical (unpaired) electrons. The summed E-state index contributed by atoms with van der Waals surface area (Å²) in [5, 5.41) is 3.32. The number of hydrogen-bond donors (Lipinski definition) is 1. The van der Waals surface area contributed by atoms with Crippen LogP contribution >= 0.6 is 11.6 Å². The fourth-order valence-corrected chi connectivity index (χ4v) is 2.18. The third-order valence-corrected chi connectivity index (χ3v) is 3.26. The van der Waals surface area contributed by atoms with Crippen LogP contribution in [0.4, 0.5) is 0 Å². The highest BCUT2D eigenvalue weighted by Gasteiger charge is 2.22. The molecule has 1 aliphatic carbocycles. The Balaban J connectivity index is 1.99. The Kier molecular flexibility index (Phi) is 3.79. The Morgan fingerprint density at radius 1 is 1.12 bits per heavy atom. The van der Waals surface area contributed by atoms with Crippen LogP contribution in [0.5, 0.6) is 0 Å². The molecule has 1 aromatic carbocycles. The average molecular weight is 252 g/mol. The van der Waals surface area contributed by atoms with Crippen LogP contribution < -0.4 is 5.32 Å². The molecule has 0 unspecified atom stereocenters. The van der Waals surface area contributed by atoms with Crippen LogP contribution in [-0.2, 0) is 4.79 Å². The van der Waals surface area contributed by atoms with Gasteiger partial charge < -0.3 is 5.32 Å². The molecule has 0 spiro atoms. The standard InChI is InChI=1S/C13H14ClNO2/c14-10-7-5-9(6-8-10)12(16)13(17)15-11-3-1-2-4-11/h5-8,11H,1-4H2,(H,15,17). The van der Waals surface area contributed by atoms with E-state index in [1.54, 1.807) is 24.3 Å². The monoisotopic (exact) mass is 251 g/mol. The summed E-state index contributed by atoms with van der Waals surface area (Å²) in [6.07, 6.45) is 4.19. The van der Waals surface area contributed by atoms with Gasteiger partial charge >= 0.3 is 0 Å². The number of ketones is 1. The molecule has 0 bridgehead atoms. The van der Waals surface area contributed by atoms with Gasteiger partial charge in [-0.1, -0.05) is 24.4 Å². The first kappa shape index (κ1) is 12.1. The number of Topliss-reactive ketones (excluding diaryl/α,β-unsaturated/α-hetero) is 1. The van der Waals surface area contributed by atoms with E-state index in [9.17, 15) is 9.59 Å². The minimum atomic E-state index is -0.515. The zero-order chi connectivity index (χ0) is 12.3. The summed E-state index contributed by atoms with van der Waals surface area (Å²) in [5.41, 5.74) is 0.380. The zero-order valence-corrected chi connectivity index (χ0v) is 10.2. The second kappa shape index (κ2) is 5.32. The van der Waals surface area contributed by atoms with E-state index in [2.05, 4.69) is 5.32 Å². The number of rotatable bonds is 3. The van der Waals surface area contributed by atoms with Crippen LogP contribution in [0.15, 0.2) is 24.3 Å². The molecule has 0 atom stereocenters. The van der Waals surface area contributed by atoms with E-state index < -0.39 is 11.7 Å². The molecule has 0 heterocycles. The molecule has 1 saturated carbocycles. The van der Waals surface area contributed by atoms with Crippen LogP contribution in [-0.4, -0.2) is 17.7 Å². The van der Waals surface area contributed by atoms with Crippen molar-refractivity contribution in [3.05, 3.63) is 34.9 Å². The summed E-state index contributed by atoms with van der Waals surface area (Å²) in [6.45, 7) is 0. The minimum absolute atomic E-state index is 0.166. The van der Waals surface area contributed by atoms with Crippen molar-refractivity contribution in [2.24, 2.45) is 0 Å². The summed E-state index contributed by atoms with van der Waals surface area (Å²) in [7, 11) is 0. The van der Waals surface area contributed by atoms with E-state index in [-0.39, 0.29) is 6.04 Å². The maximum Gasteiger partial charge on any atom is 0.292 e. The summed E-state index contributed by atoms with van der Waals surface area (Å²) in [4.78, 5) is 23.5. The van der Waals surface area contributed by atoms with Gasteiger partial charge in [0.05, 0.1) is 0 Å². The van der Waals surface area contributed by atoms with Crippen molar-refractivity contribution in [3.63, 3.8) is 0 Å². The van der Waals surface area contributed by atoms with E-state index in [1.165, 1.54) is 0 Å². The molecule has 3 nitrogen and oxygen atoms in total. The number of benzene rings is 1. The van der Waals surface area contributed by atoms with E-state index in [0.717, 1.165) is 25.7 Å². The third kappa shape index (κ3) is 3.07. The van der Waals surface area contributed by atoms with Crippen LogP contribution in [0.3, 0.4) is 0 Å². The number of halogens is 1. The third-order valence-electron chi connectivity index (χ3n) is 3.00. The Morgan fingerprint density at radius 3 is 2.29 bits per heavy atom. The summed E-state index contributed by atoms with van der Waals surface area (Å²) >= 11 is 5.72. The first-order chi connectivity index (χ1) is 8.16. The maximum atomic E-state index is 11.8. The lowest BCUT2D eigenvalue weighted by Gasteiger charge is -2.10. The largest absolute Gasteiger partial charge is 0.346 e. The second-order valence-electron chi connectivity index (χ2n) is 4.29. The zero-order valence-electron chi connectivity index (χ0n) is 9.41. The van der Waals surface area contributed by atoms with Gasteiger partial charge in [0.1, 0.15) is 0 Å². The Morgan fingerprint density at radius 2 is 1.71 bits per heavy atom. The topological polar surface area (TPSA) is 46.2 Å². The predicted octanol–water partition coefficient (Wildman–Crippen LogP) is 2.58. The van der Waals surface area contributed by atoms with Crippen LogP contribution in [0.25, 0.3) is 0 Å².